The Morgan fingerprint density at radius 2 is 1.44 bits per heavy atom. The zero-order valence-corrected chi connectivity index (χ0v) is 18.4. The number of carbonyl (C=O) groups excluding carboxylic acids is 1. The second-order valence-electron chi connectivity index (χ2n) is 7.69. The van der Waals surface area contributed by atoms with Crippen molar-refractivity contribution in [1.82, 2.24) is 4.90 Å². The summed E-state index contributed by atoms with van der Waals surface area (Å²) in [6.07, 6.45) is 0. The molecular weight excluding hydrogens is 402 g/mol. The van der Waals surface area contributed by atoms with Crippen LogP contribution in [0.5, 0.6) is 17.2 Å². The molecule has 0 radical (unpaired) electrons. The van der Waals surface area contributed by atoms with Gasteiger partial charge in [0.15, 0.2) is 6.61 Å². The molecule has 1 amide bonds. The maximum atomic E-state index is 12.3. The highest BCUT2D eigenvalue weighted by Gasteiger charge is 2.15. The van der Waals surface area contributed by atoms with Gasteiger partial charge in [0.25, 0.3) is 5.91 Å². The third-order valence-corrected chi connectivity index (χ3v) is 5.51. The van der Waals surface area contributed by atoms with E-state index in [0.29, 0.717) is 11.5 Å². The number of nitrogens with zero attached hydrogens (tertiary/aromatic N) is 2. The molecule has 3 aromatic rings. The summed E-state index contributed by atoms with van der Waals surface area (Å²) < 4.78 is 11.4. The molecule has 0 aliphatic carbocycles. The molecule has 0 bridgehead atoms. The van der Waals surface area contributed by atoms with Crippen LogP contribution in [0.15, 0.2) is 78.9 Å². The summed E-state index contributed by atoms with van der Waals surface area (Å²) in [5.41, 5.74) is 1.95. The van der Waals surface area contributed by atoms with E-state index in [1.54, 1.807) is 12.1 Å². The monoisotopic (exact) mass is 431 g/mol. The van der Waals surface area contributed by atoms with E-state index in [9.17, 15) is 4.79 Å². The van der Waals surface area contributed by atoms with Crippen LogP contribution in [0.4, 0.5) is 11.4 Å². The van der Waals surface area contributed by atoms with Gasteiger partial charge in [-0.25, -0.2) is 0 Å². The maximum Gasteiger partial charge on any atom is 0.262 e. The third kappa shape index (κ3) is 6.02. The SMILES string of the molecule is CCN1CCN(c2ccc(NC(=O)COc3ccc(Oc4ccccc4)cc3)cc2)CC1. The molecule has 6 heteroatoms. The standard InChI is InChI=1S/C26H29N3O3/c1-2-28-16-18-29(19-17-28)22-10-8-21(9-11-22)27-26(30)20-31-23-12-14-25(15-13-23)32-24-6-4-3-5-7-24/h3-15H,2,16-20H2,1H3,(H,27,30). The number of piperazine rings is 1. The summed E-state index contributed by atoms with van der Waals surface area (Å²) in [5, 5.41) is 2.89. The van der Waals surface area contributed by atoms with Gasteiger partial charge >= 0.3 is 0 Å². The second-order valence-corrected chi connectivity index (χ2v) is 7.69. The van der Waals surface area contributed by atoms with Crippen LogP contribution < -0.4 is 19.7 Å². The van der Waals surface area contributed by atoms with Gasteiger partial charge in [-0.2, -0.15) is 0 Å². The van der Waals surface area contributed by atoms with Crippen molar-refractivity contribution in [3.63, 3.8) is 0 Å². The fraction of sp³-hybridized carbons (Fsp3) is 0.269. The summed E-state index contributed by atoms with van der Waals surface area (Å²) in [7, 11) is 0. The minimum absolute atomic E-state index is 0.0559. The zero-order valence-electron chi connectivity index (χ0n) is 18.4. The molecule has 0 spiro atoms. The molecule has 166 valence electrons. The van der Waals surface area contributed by atoms with Gasteiger partial charge in [-0.3, -0.25) is 4.79 Å². The number of anilines is 2. The lowest BCUT2D eigenvalue weighted by atomic mass is 10.2. The highest BCUT2D eigenvalue weighted by molar-refractivity contribution is 5.92. The lowest BCUT2D eigenvalue weighted by Gasteiger charge is -2.35. The van der Waals surface area contributed by atoms with Crippen molar-refractivity contribution in [1.29, 1.82) is 0 Å². The fourth-order valence-electron chi connectivity index (χ4n) is 3.65. The Morgan fingerprint density at radius 3 is 2.09 bits per heavy atom. The molecule has 1 heterocycles. The first-order valence-electron chi connectivity index (χ1n) is 11.0. The molecule has 0 atom stereocenters. The second kappa shape index (κ2) is 10.7. The van der Waals surface area contributed by atoms with E-state index in [2.05, 4.69) is 34.2 Å². The van der Waals surface area contributed by atoms with E-state index in [-0.39, 0.29) is 12.5 Å². The van der Waals surface area contributed by atoms with Crippen molar-refractivity contribution >= 4 is 17.3 Å². The molecule has 6 nitrogen and oxygen atoms in total. The van der Waals surface area contributed by atoms with Crippen molar-refractivity contribution in [2.75, 3.05) is 49.5 Å². The highest BCUT2D eigenvalue weighted by atomic mass is 16.5. The highest BCUT2D eigenvalue weighted by Crippen LogP contribution is 2.24. The van der Waals surface area contributed by atoms with E-state index in [0.717, 1.165) is 44.2 Å². The molecule has 0 aromatic heterocycles. The molecule has 1 N–H and O–H groups in total. The maximum absolute atomic E-state index is 12.3. The van der Waals surface area contributed by atoms with Crippen molar-refractivity contribution in [3.05, 3.63) is 78.9 Å². The van der Waals surface area contributed by atoms with Gasteiger partial charge in [-0.05, 0) is 67.2 Å². The Morgan fingerprint density at radius 1 is 0.812 bits per heavy atom. The summed E-state index contributed by atoms with van der Waals surface area (Å²) >= 11 is 0. The van der Waals surface area contributed by atoms with E-state index >= 15 is 0 Å². The zero-order chi connectivity index (χ0) is 22.2. The Balaban J connectivity index is 1.22. The molecule has 1 aliphatic heterocycles. The van der Waals surface area contributed by atoms with Crippen LogP contribution in [-0.4, -0.2) is 50.1 Å². The van der Waals surface area contributed by atoms with E-state index in [1.165, 1.54) is 5.69 Å². The van der Waals surface area contributed by atoms with Crippen molar-refractivity contribution in [2.45, 2.75) is 6.92 Å². The third-order valence-electron chi connectivity index (χ3n) is 5.51. The molecule has 4 rings (SSSR count). The lowest BCUT2D eigenvalue weighted by molar-refractivity contribution is -0.118. The number of likely N-dealkylation sites (N-methyl/N-ethyl adjacent to an activating group) is 1. The Bertz CT molecular complexity index is 983. The quantitative estimate of drug-likeness (QED) is 0.563. The van der Waals surface area contributed by atoms with E-state index in [1.807, 2.05) is 54.6 Å². The van der Waals surface area contributed by atoms with Crippen LogP contribution >= 0.6 is 0 Å². The number of nitrogens with one attached hydrogen (secondary N) is 1. The van der Waals surface area contributed by atoms with Crippen LogP contribution in [0.1, 0.15) is 6.92 Å². The van der Waals surface area contributed by atoms with Crippen LogP contribution in [0, 0.1) is 0 Å². The fourth-order valence-corrected chi connectivity index (χ4v) is 3.65. The molecule has 0 saturated carbocycles. The predicted molar refractivity (Wildman–Crippen MR) is 128 cm³/mol. The molecule has 0 unspecified atom stereocenters. The lowest BCUT2D eigenvalue weighted by Crippen LogP contribution is -2.46. The number of hydrogen-bond acceptors (Lipinski definition) is 5. The van der Waals surface area contributed by atoms with Crippen LogP contribution in [0.25, 0.3) is 0 Å². The largest absolute Gasteiger partial charge is 0.484 e. The van der Waals surface area contributed by atoms with E-state index < -0.39 is 0 Å². The summed E-state index contributed by atoms with van der Waals surface area (Å²) in [5.74, 6) is 1.90. The smallest absolute Gasteiger partial charge is 0.262 e. The number of hydrogen-bond donors (Lipinski definition) is 1. The van der Waals surface area contributed by atoms with Gasteiger partial charge < -0.3 is 24.6 Å². The van der Waals surface area contributed by atoms with Crippen molar-refractivity contribution in [2.24, 2.45) is 0 Å². The van der Waals surface area contributed by atoms with Gasteiger partial charge in [0.1, 0.15) is 17.2 Å². The molecule has 1 fully saturated rings. The first kappa shape index (κ1) is 21.7. The molecule has 3 aromatic carbocycles. The van der Waals surface area contributed by atoms with Gasteiger partial charge in [0, 0.05) is 37.6 Å². The average Bonchev–Trinajstić information content (AvgIpc) is 2.85. The minimum atomic E-state index is -0.195. The minimum Gasteiger partial charge on any atom is -0.484 e. The number of amides is 1. The molecule has 32 heavy (non-hydrogen) atoms. The number of ether oxygens (including phenoxy) is 2. The van der Waals surface area contributed by atoms with Gasteiger partial charge in [-0.1, -0.05) is 25.1 Å². The van der Waals surface area contributed by atoms with Crippen molar-refractivity contribution in [3.8, 4) is 17.2 Å². The molecule has 1 saturated heterocycles. The first-order valence-corrected chi connectivity index (χ1v) is 11.0. The summed E-state index contributed by atoms with van der Waals surface area (Å²) in [4.78, 5) is 17.1. The Kier molecular flexibility index (Phi) is 7.25. The number of benzene rings is 3. The number of carbonyl (C=O) groups is 1. The summed E-state index contributed by atoms with van der Waals surface area (Å²) in [6.45, 7) is 7.49. The van der Waals surface area contributed by atoms with Gasteiger partial charge in [-0.15, -0.1) is 0 Å². The predicted octanol–water partition coefficient (Wildman–Crippen LogP) is 4.64. The Hall–Kier alpha value is -3.51. The molecular formula is C26H29N3O3. The average molecular weight is 432 g/mol. The summed E-state index contributed by atoms with van der Waals surface area (Å²) in [6, 6.07) is 24.8. The Labute approximate surface area is 189 Å². The van der Waals surface area contributed by atoms with Gasteiger partial charge in [0.05, 0.1) is 0 Å². The first-order chi connectivity index (χ1) is 15.7. The van der Waals surface area contributed by atoms with Crippen LogP contribution in [0.3, 0.4) is 0 Å². The molecule has 1 aliphatic rings. The van der Waals surface area contributed by atoms with E-state index in [4.69, 9.17) is 9.47 Å². The van der Waals surface area contributed by atoms with Crippen LogP contribution in [0.2, 0.25) is 0 Å². The normalized spacial score (nSPS) is 14.1. The number of para-hydroxylation sites is 1. The number of rotatable bonds is 8. The van der Waals surface area contributed by atoms with Crippen molar-refractivity contribution < 1.29 is 14.3 Å². The van der Waals surface area contributed by atoms with Crippen LogP contribution in [-0.2, 0) is 4.79 Å². The van der Waals surface area contributed by atoms with Gasteiger partial charge in [0.2, 0.25) is 0 Å². The topological polar surface area (TPSA) is 54.0 Å².